The van der Waals surface area contributed by atoms with E-state index >= 15 is 0 Å². The molecule has 3 N–H and O–H groups in total. The van der Waals surface area contributed by atoms with E-state index in [9.17, 15) is 14.4 Å². The van der Waals surface area contributed by atoms with Crippen molar-refractivity contribution in [3.63, 3.8) is 0 Å². The highest BCUT2D eigenvalue weighted by Gasteiger charge is 2.13. The first kappa shape index (κ1) is 19.3. The predicted molar refractivity (Wildman–Crippen MR) is 101 cm³/mol. The summed E-state index contributed by atoms with van der Waals surface area (Å²) in [6.07, 6.45) is -0.0859. The van der Waals surface area contributed by atoms with Crippen LogP contribution in [0.2, 0.25) is 0 Å². The second-order valence-electron chi connectivity index (χ2n) is 5.53. The molecule has 0 bridgehead atoms. The lowest BCUT2D eigenvalue weighted by atomic mass is 10.2. The summed E-state index contributed by atoms with van der Waals surface area (Å²) in [6.45, 7) is 1.54. The summed E-state index contributed by atoms with van der Waals surface area (Å²) < 4.78 is 0. The van der Waals surface area contributed by atoms with Crippen LogP contribution in [0.4, 0.5) is 11.4 Å². The number of rotatable bonds is 5. The van der Waals surface area contributed by atoms with E-state index in [1.807, 2.05) is 6.07 Å². The zero-order chi connectivity index (χ0) is 19.6. The van der Waals surface area contributed by atoms with E-state index in [-0.39, 0.29) is 12.3 Å². The largest absolute Gasteiger partial charge is 0.329 e. The summed E-state index contributed by atoms with van der Waals surface area (Å²) in [4.78, 5) is 35.5. The maximum atomic E-state index is 12.0. The lowest BCUT2D eigenvalue weighted by Crippen LogP contribution is -2.33. The molecule has 136 valence electrons. The molecular weight excluding hydrogens is 346 g/mol. The van der Waals surface area contributed by atoms with Crippen molar-refractivity contribution in [2.24, 2.45) is 5.10 Å². The van der Waals surface area contributed by atoms with Gasteiger partial charge in [0.25, 0.3) is 0 Å². The smallest absolute Gasteiger partial charge is 0.326 e. The van der Waals surface area contributed by atoms with Crippen LogP contribution in [0.15, 0.2) is 59.7 Å². The first-order valence-corrected chi connectivity index (χ1v) is 7.97. The van der Waals surface area contributed by atoms with Crippen molar-refractivity contribution in [1.82, 2.24) is 5.43 Å². The first-order chi connectivity index (χ1) is 13.0. The van der Waals surface area contributed by atoms with Crippen LogP contribution in [0.1, 0.15) is 18.9 Å². The molecule has 2 aromatic carbocycles. The first-order valence-electron chi connectivity index (χ1n) is 7.97. The van der Waals surface area contributed by atoms with Gasteiger partial charge in [-0.25, -0.2) is 5.43 Å². The van der Waals surface area contributed by atoms with Gasteiger partial charge in [0.1, 0.15) is 0 Å². The minimum atomic E-state index is -0.944. The Morgan fingerprint density at radius 3 is 2.37 bits per heavy atom. The summed E-state index contributed by atoms with van der Waals surface area (Å²) >= 11 is 0. The average molecular weight is 363 g/mol. The molecule has 0 spiro atoms. The number of hydrogen-bond acceptors (Lipinski definition) is 5. The Hall–Kier alpha value is -3.99. The molecule has 0 radical (unpaired) electrons. The van der Waals surface area contributed by atoms with E-state index in [1.165, 1.54) is 0 Å². The number of nitrogens with zero attached hydrogens (tertiary/aromatic N) is 2. The number of carbonyl (C=O) groups excluding carboxylic acids is 3. The highest BCUT2D eigenvalue weighted by atomic mass is 16.2. The van der Waals surface area contributed by atoms with E-state index in [0.717, 1.165) is 0 Å². The molecule has 2 aromatic rings. The molecule has 0 saturated carbocycles. The summed E-state index contributed by atoms with van der Waals surface area (Å²) in [5.74, 6) is -2.18. The Bertz CT molecular complexity index is 916. The van der Waals surface area contributed by atoms with Gasteiger partial charge in [0.15, 0.2) is 0 Å². The van der Waals surface area contributed by atoms with Crippen LogP contribution in [0.3, 0.4) is 0 Å². The molecule has 0 fully saturated rings. The van der Waals surface area contributed by atoms with Crippen LogP contribution in [0.5, 0.6) is 0 Å². The highest BCUT2D eigenvalue weighted by molar-refractivity contribution is 6.39. The molecule has 0 unspecified atom stereocenters. The topological polar surface area (TPSA) is 123 Å². The number of carbonyl (C=O) groups is 3. The van der Waals surface area contributed by atoms with Crippen LogP contribution in [0.25, 0.3) is 0 Å². The van der Waals surface area contributed by atoms with Gasteiger partial charge in [0.05, 0.1) is 18.1 Å². The highest BCUT2D eigenvalue weighted by Crippen LogP contribution is 2.10. The number of anilines is 2. The molecule has 27 heavy (non-hydrogen) atoms. The van der Waals surface area contributed by atoms with Crippen molar-refractivity contribution >= 4 is 34.8 Å². The van der Waals surface area contributed by atoms with Crippen molar-refractivity contribution in [2.75, 3.05) is 10.6 Å². The van der Waals surface area contributed by atoms with Crippen LogP contribution in [0, 0.1) is 11.3 Å². The van der Waals surface area contributed by atoms with Crippen molar-refractivity contribution in [3.05, 3.63) is 60.2 Å². The Labute approximate surface area is 155 Å². The third-order valence-electron chi connectivity index (χ3n) is 3.28. The lowest BCUT2D eigenvalue weighted by molar-refractivity contribution is -0.136. The Morgan fingerprint density at radius 1 is 0.963 bits per heavy atom. The Morgan fingerprint density at radius 2 is 1.67 bits per heavy atom. The van der Waals surface area contributed by atoms with Gasteiger partial charge in [-0.2, -0.15) is 10.4 Å². The van der Waals surface area contributed by atoms with Crippen molar-refractivity contribution < 1.29 is 14.4 Å². The van der Waals surface area contributed by atoms with Crippen molar-refractivity contribution in [2.45, 2.75) is 13.3 Å². The number of benzene rings is 2. The molecule has 0 aliphatic rings. The predicted octanol–water partition coefficient (Wildman–Crippen LogP) is 2.02. The summed E-state index contributed by atoms with van der Waals surface area (Å²) in [6, 6.07) is 17.0. The number of amides is 3. The van der Waals surface area contributed by atoms with Crippen LogP contribution < -0.4 is 16.1 Å². The number of nitrogens with one attached hydrogen (secondary N) is 3. The van der Waals surface area contributed by atoms with Gasteiger partial charge in [-0.1, -0.05) is 24.3 Å². The number of nitriles is 1. The normalized spacial score (nSPS) is 10.4. The lowest BCUT2D eigenvalue weighted by Gasteiger charge is -2.06. The fourth-order valence-corrected chi connectivity index (χ4v) is 2.05. The minimum Gasteiger partial charge on any atom is -0.326 e. The average Bonchev–Trinajstić information content (AvgIpc) is 2.66. The van der Waals surface area contributed by atoms with Gasteiger partial charge >= 0.3 is 11.8 Å². The van der Waals surface area contributed by atoms with Gasteiger partial charge in [0, 0.05) is 17.1 Å². The molecule has 0 aliphatic carbocycles. The maximum Gasteiger partial charge on any atom is 0.329 e. The summed E-state index contributed by atoms with van der Waals surface area (Å²) in [5.41, 5.74) is 3.81. The summed E-state index contributed by atoms with van der Waals surface area (Å²) in [7, 11) is 0. The molecule has 0 atom stereocenters. The second kappa shape index (κ2) is 9.48. The fourth-order valence-electron chi connectivity index (χ4n) is 2.05. The van der Waals surface area contributed by atoms with E-state index in [0.29, 0.717) is 22.6 Å². The number of hydrazone groups is 1. The number of hydrogen-bond donors (Lipinski definition) is 3. The third kappa shape index (κ3) is 6.43. The quantitative estimate of drug-likeness (QED) is 0.427. The second-order valence-corrected chi connectivity index (χ2v) is 5.53. The third-order valence-corrected chi connectivity index (χ3v) is 3.28. The van der Waals surface area contributed by atoms with Crippen LogP contribution in [-0.2, 0) is 14.4 Å². The van der Waals surface area contributed by atoms with Crippen molar-refractivity contribution in [3.8, 4) is 6.07 Å². The van der Waals surface area contributed by atoms with Gasteiger partial charge in [-0.15, -0.1) is 0 Å². The Balaban J connectivity index is 1.83. The SMILES string of the molecule is C/C(CC(=O)Nc1cccc(C#N)c1)=N\NC(=O)C(=O)Nc1ccccc1. The zero-order valence-electron chi connectivity index (χ0n) is 14.5. The van der Waals surface area contributed by atoms with E-state index in [1.54, 1.807) is 61.5 Å². The fraction of sp³-hybridized carbons (Fsp3) is 0.105. The summed E-state index contributed by atoms with van der Waals surface area (Å²) in [5, 5.41) is 17.6. The van der Waals surface area contributed by atoms with E-state index < -0.39 is 11.8 Å². The molecule has 3 amide bonds. The molecule has 0 heterocycles. The minimum absolute atomic E-state index is 0.0859. The molecule has 8 nitrogen and oxygen atoms in total. The van der Waals surface area contributed by atoms with E-state index in [4.69, 9.17) is 5.26 Å². The maximum absolute atomic E-state index is 12.0. The molecule has 8 heteroatoms. The monoisotopic (exact) mass is 363 g/mol. The Kier molecular flexibility index (Phi) is 6.79. The van der Waals surface area contributed by atoms with Gasteiger partial charge in [-0.05, 0) is 37.3 Å². The van der Waals surface area contributed by atoms with Gasteiger partial charge in [0.2, 0.25) is 5.91 Å². The van der Waals surface area contributed by atoms with E-state index in [2.05, 4.69) is 21.2 Å². The zero-order valence-corrected chi connectivity index (χ0v) is 14.5. The molecule has 0 saturated heterocycles. The number of para-hydroxylation sites is 1. The molecule has 0 aliphatic heterocycles. The molecule has 2 rings (SSSR count). The van der Waals surface area contributed by atoms with Crippen LogP contribution >= 0.6 is 0 Å². The van der Waals surface area contributed by atoms with Crippen molar-refractivity contribution in [1.29, 1.82) is 5.26 Å². The van der Waals surface area contributed by atoms with Gasteiger partial charge < -0.3 is 10.6 Å². The molecule has 0 aromatic heterocycles. The van der Waals surface area contributed by atoms with Crippen LogP contribution in [-0.4, -0.2) is 23.4 Å². The van der Waals surface area contributed by atoms with Gasteiger partial charge in [-0.3, -0.25) is 14.4 Å². The molecular formula is C19H17N5O3. The standard InChI is InChI=1S/C19H17N5O3/c1-13(10-17(25)21-16-9-5-6-14(11-16)12-20)23-24-19(27)18(26)22-15-7-3-2-4-8-15/h2-9,11H,10H2,1H3,(H,21,25)(H,22,26)(H,24,27)/b23-13+.